The van der Waals surface area contributed by atoms with Crippen LogP contribution in [0.2, 0.25) is 5.02 Å². The Balaban J connectivity index is 2.12. The minimum atomic E-state index is -3.45. The molecule has 0 saturated carbocycles. The Labute approximate surface area is 142 Å². The second-order valence-electron chi connectivity index (χ2n) is 4.91. The van der Waals surface area contributed by atoms with Crippen molar-refractivity contribution in [2.45, 2.75) is 12.8 Å². The molecule has 0 aliphatic rings. The third-order valence-corrected chi connectivity index (χ3v) is 4.70. The van der Waals surface area contributed by atoms with Crippen molar-refractivity contribution in [3.63, 3.8) is 0 Å². The summed E-state index contributed by atoms with van der Waals surface area (Å²) in [5, 5.41) is 3.17. The number of ether oxygens (including phenoxy) is 1. The van der Waals surface area contributed by atoms with E-state index in [1.54, 1.807) is 12.1 Å². The van der Waals surface area contributed by atoms with Crippen LogP contribution in [0, 0.1) is 0 Å². The van der Waals surface area contributed by atoms with Gasteiger partial charge in [0.25, 0.3) is 10.2 Å². The fraction of sp³-hybridized carbons (Fsp3) is 0.500. The number of hydrogen-bond acceptors (Lipinski definition) is 4. The molecule has 0 atom stereocenters. The molecule has 1 aromatic rings. The Bertz CT molecular complexity index is 608. The van der Waals surface area contributed by atoms with Gasteiger partial charge in [0.1, 0.15) is 5.75 Å². The maximum absolute atomic E-state index is 11.6. The van der Waals surface area contributed by atoms with Gasteiger partial charge in [-0.1, -0.05) is 23.7 Å². The van der Waals surface area contributed by atoms with Gasteiger partial charge in [0.2, 0.25) is 5.91 Å². The van der Waals surface area contributed by atoms with Crippen LogP contribution in [0.5, 0.6) is 5.75 Å². The number of carbonyl (C=O) groups excluding carboxylic acids is 1. The molecule has 0 saturated heterocycles. The van der Waals surface area contributed by atoms with Crippen molar-refractivity contribution in [3.8, 4) is 5.75 Å². The monoisotopic (exact) mass is 363 g/mol. The summed E-state index contributed by atoms with van der Waals surface area (Å²) in [4.78, 5) is 11.6. The Morgan fingerprint density at radius 3 is 2.61 bits per heavy atom. The van der Waals surface area contributed by atoms with Gasteiger partial charge in [-0.25, -0.2) is 4.72 Å². The predicted molar refractivity (Wildman–Crippen MR) is 89.8 cm³/mol. The first-order chi connectivity index (χ1) is 10.8. The highest BCUT2D eigenvalue weighted by Crippen LogP contribution is 2.23. The van der Waals surface area contributed by atoms with Crippen molar-refractivity contribution in [1.82, 2.24) is 14.3 Å². The molecule has 0 aromatic heterocycles. The van der Waals surface area contributed by atoms with E-state index < -0.39 is 10.2 Å². The average molecular weight is 364 g/mol. The number of para-hydroxylation sites is 1. The second-order valence-corrected chi connectivity index (χ2v) is 7.29. The van der Waals surface area contributed by atoms with Gasteiger partial charge in [-0.2, -0.15) is 12.7 Å². The molecule has 2 N–H and O–H groups in total. The SMILES string of the molecule is CN(C)S(=O)(=O)NCCNC(=O)CCCOc1ccccc1Cl. The molecule has 0 aliphatic heterocycles. The summed E-state index contributed by atoms with van der Waals surface area (Å²) in [7, 11) is -0.591. The maximum Gasteiger partial charge on any atom is 0.278 e. The van der Waals surface area contributed by atoms with E-state index in [4.69, 9.17) is 16.3 Å². The average Bonchev–Trinajstić information content (AvgIpc) is 2.49. The molecule has 130 valence electrons. The Morgan fingerprint density at radius 2 is 1.96 bits per heavy atom. The first kappa shape index (κ1) is 19.7. The molecule has 9 heteroatoms. The molecule has 0 unspecified atom stereocenters. The number of amides is 1. The number of nitrogens with zero attached hydrogens (tertiary/aromatic N) is 1. The van der Waals surface area contributed by atoms with Gasteiger partial charge in [0.15, 0.2) is 0 Å². The summed E-state index contributed by atoms with van der Waals surface area (Å²) < 4.78 is 31.7. The summed E-state index contributed by atoms with van der Waals surface area (Å²) in [6.45, 7) is 0.754. The fourth-order valence-electron chi connectivity index (χ4n) is 1.58. The molecule has 0 aliphatic carbocycles. The molecule has 1 amide bonds. The molecule has 1 aromatic carbocycles. The number of rotatable bonds is 10. The van der Waals surface area contributed by atoms with Crippen molar-refractivity contribution in [1.29, 1.82) is 0 Å². The number of benzene rings is 1. The van der Waals surface area contributed by atoms with E-state index in [0.717, 1.165) is 4.31 Å². The molecule has 0 heterocycles. The fourth-order valence-corrected chi connectivity index (χ4v) is 2.38. The lowest BCUT2D eigenvalue weighted by atomic mass is 10.3. The van der Waals surface area contributed by atoms with Gasteiger partial charge in [-0.05, 0) is 18.6 Å². The molecular formula is C14H22ClN3O4S. The zero-order valence-corrected chi connectivity index (χ0v) is 14.8. The minimum Gasteiger partial charge on any atom is -0.492 e. The van der Waals surface area contributed by atoms with Crippen molar-refractivity contribution >= 4 is 27.7 Å². The third kappa shape index (κ3) is 7.65. The third-order valence-electron chi connectivity index (χ3n) is 2.85. The Morgan fingerprint density at radius 1 is 1.26 bits per heavy atom. The van der Waals surface area contributed by atoms with Gasteiger partial charge in [-0.3, -0.25) is 4.79 Å². The van der Waals surface area contributed by atoms with Crippen LogP contribution in [0.15, 0.2) is 24.3 Å². The standard InChI is InChI=1S/C14H22ClN3O4S/c1-18(2)23(20,21)17-10-9-16-14(19)8-5-11-22-13-7-4-3-6-12(13)15/h3-4,6-7,17H,5,8-11H2,1-2H3,(H,16,19). The summed E-state index contributed by atoms with van der Waals surface area (Å²) in [5.41, 5.74) is 0. The molecule has 0 fully saturated rings. The van der Waals surface area contributed by atoms with Crippen molar-refractivity contribution in [3.05, 3.63) is 29.3 Å². The summed E-state index contributed by atoms with van der Waals surface area (Å²) in [5.74, 6) is 0.435. The van der Waals surface area contributed by atoms with Crippen LogP contribution in [0.25, 0.3) is 0 Å². The van der Waals surface area contributed by atoms with Gasteiger partial charge in [-0.15, -0.1) is 0 Å². The van der Waals surface area contributed by atoms with Crippen LogP contribution in [-0.2, 0) is 15.0 Å². The van der Waals surface area contributed by atoms with E-state index >= 15 is 0 Å². The van der Waals surface area contributed by atoms with E-state index in [-0.39, 0.29) is 19.0 Å². The van der Waals surface area contributed by atoms with Crippen LogP contribution >= 0.6 is 11.6 Å². The lowest BCUT2D eigenvalue weighted by Gasteiger charge is -2.12. The lowest BCUT2D eigenvalue weighted by Crippen LogP contribution is -2.40. The minimum absolute atomic E-state index is 0.141. The van der Waals surface area contributed by atoms with Crippen molar-refractivity contribution in [2.24, 2.45) is 0 Å². The number of hydrogen-bond donors (Lipinski definition) is 2. The van der Waals surface area contributed by atoms with E-state index in [0.29, 0.717) is 30.2 Å². The van der Waals surface area contributed by atoms with Crippen LogP contribution in [0.3, 0.4) is 0 Å². The summed E-state index contributed by atoms with van der Waals surface area (Å²) in [6, 6.07) is 7.13. The lowest BCUT2D eigenvalue weighted by molar-refractivity contribution is -0.121. The van der Waals surface area contributed by atoms with Crippen LogP contribution in [0.4, 0.5) is 0 Å². The highest BCUT2D eigenvalue weighted by molar-refractivity contribution is 7.87. The molecule has 23 heavy (non-hydrogen) atoms. The quantitative estimate of drug-likeness (QED) is 0.607. The largest absolute Gasteiger partial charge is 0.492 e. The van der Waals surface area contributed by atoms with Gasteiger partial charge >= 0.3 is 0 Å². The van der Waals surface area contributed by atoms with Crippen molar-refractivity contribution in [2.75, 3.05) is 33.8 Å². The molecule has 0 spiro atoms. The van der Waals surface area contributed by atoms with E-state index in [2.05, 4.69) is 10.0 Å². The number of halogens is 1. The first-order valence-electron chi connectivity index (χ1n) is 7.14. The maximum atomic E-state index is 11.6. The molecular weight excluding hydrogens is 342 g/mol. The second kappa shape index (κ2) is 9.71. The van der Waals surface area contributed by atoms with Gasteiger partial charge < -0.3 is 10.1 Å². The topological polar surface area (TPSA) is 87.7 Å². The van der Waals surface area contributed by atoms with E-state index in [1.807, 2.05) is 12.1 Å². The zero-order valence-electron chi connectivity index (χ0n) is 13.2. The Kier molecular flexibility index (Phi) is 8.32. The Hall–Kier alpha value is -1.35. The van der Waals surface area contributed by atoms with Crippen molar-refractivity contribution < 1.29 is 17.9 Å². The molecule has 0 radical (unpaired) electrons. The highest BCUT2D eigenvalue weighted by Gasteiger charge is 2.11. The molecule has 7 nitrogen and oxygen atoms in total. The van der Waals surface area contributed by atoms with Gasteiger partial charge in [0.05, 0.1) is 11.6 Å². The van der Waals surface area contributed by atoms with Crippen LogP contribution < -0.4 is 14.8 Å². The predicted octanol–water partition coefficient (Wildman–Crippen LogP) is 1.01. The highest BCUT2D eigenvalue weighted by atomic mass is 35.5. The van der Waals surface area contributed by atoms with E-state index in [9.17, 15) is 13.2 Å². The number of nitrogens with one attached hydrogen (secondary N) is 2. The zero-order chi connectivity index (χ0) is 17.3. The smallest absolute Gasteiger partial charge is 0.278 e. The van der Waals surface area contributed by atoms with Crippen LogP contribution in [0.1, 0.15) is 12.8 Å². The molecule has 0 bridgehead atoms. The van der Waals surface area contributed by atoms with E-state index in [1.165, 1.54) is 14.1 Å². The summed E-state index contributed by atoms with van der Waals surface area (Å²) >= 11 is 5.95. The summed E-state index contributed by atoms with van der Waals surface area (Å²) in [6.07, 6.45) is 0.839. The van der Waals surface area contributed by atoms with Gasteiger partial charge in [0, 0.05) is 33.6 Å². The molecule has 1 rings (SSSR count). The van der Waals surface area contributed by atoms with Crippen LogP contribution in [-0.4, -0.2) is 52.4 Å². The first-order valence-corrected chi connectivity index (χ1v) is 8.96. The number of carbonyl (C=O) groups is 1. The normalized spacial score (nSPS) is 11.5.